The third-order valence-corrected chi connectivity index (χ3v) is 7.39. The zero-order valence-electron chi connectivity index (χ0n) is 20.5. The van der Waals surface area contributed by atoms with Crippen LogP contribution in [0, 0.1) is 0 Å². The Morgan fingerprint density at radius 2 is 1.03 bits per heavy atom. The highest BCUT2D eigenvalue weighted by molar-refractivity contribution is 6.09. The maximum atomic E-state index is 6.09. The molecule has 0 aliphatic heterocycles. The van der Waals surface area contributed by atoms with E-state index in [0.29, 0.717) is 0 Å². The van der Waals surface area contributed by atoms with Crippen molar-refractivity contribution in [3.05, 3.63) is 133 Å². The van der Waals surface area contributed by atoms with Crippen LogP contribution in [-0.2, 0) is 0 Å². The van der Waals surface area contributed by atoms with Gasteiger partial charge in [-0.05, 0) is 48.5 Å². The van der Waals surface area contributed by atoms with Gasteiger partial charge in [-0.3, -0.25) is 0 Å². The van der Waals surface area contributed by atoms with Crippen molar-refractivity contribution in [3.8, 4) is 28.2 Å². The summed E-state index contributed by atoms with van der Waals surface area (Å²) in [7, 11) is 0. The van der Waals surface area contributed by atoms with E-state index in [1.165, 1.54) is 21.8 Å². The van der Waals surface area contributed by atoms with E-state index in [4.69, 9.17) is 9.40 Å². The predicted molar refractivity (Wildman–Crippen MR) is 157 cm³/mol. The number of hydrogen-bond donors (Lipinski definition) is 0. The average Bonchev–Trinajstić information content (AvgIpc) is 3.53. The summed E-state index contributed by atoms with van der Waals surface area (Å²) in [6.07, 6.45) is 0. The van der Waals surface area contributed by atoms with Crippen LogP contribution in [0.1, 0.15) is 0 Å². The number of pyridine rings is 1. The quantitative estimate of drug-likeness (QED) is 0.249. The molecule has 0 saturated carbocycles. The number of hydrogen-bond acceptors (Lipinski definition) is 2. The highest BCUT2D eigenvalue weighted by atomic mass is 16.3. The number of rotatable bonds is 3. The Morgan fingerprint density at radius 3 is 1.76 bits per heavy atom. The number of fused-ring (bicyclic) bond motifs is 6. The molecule has 0 unspecified atom stereocenters. The number of aromatic nitrogens is 2. The predicted octanol–water partition coefficient (Wildman–Crippen LogP) is 9.41. The lowest BCUT2D eigenvalue weighted by atomic mass is 10.0. The average molecular weight is 487 g/mol. The Kier molecular flexibility index (Phi) is 4.52. The number of furan rings is 1. The molecule has 0 saturated heterocycles. The van der Waals surface area contributed by atoms with Crippen molar-refractivity contribution >= 4 is 43.7 Å². The van der Waals surface area contributed by atoms with Crippen LogP contribution < -0.4 is 0 Å². The van der Waals surface area contributed by atoms with E-state index in [0.717, 1.165) is 50.1 Å². The van der Waals surface area contributed by atoms with Gasteiger partial charge in [-0.2, -0.15) is 0 Å². The number of nitrogens with zero attached hydrogens (tertiary/aromatic N) is 2. The van der Waals surface area contributed by atoms with Crippen molar-refractivity contribution < 1.29 is 4.42 Å². The van der Waals surface area contributed by atoms with E-state index >= 15 is 0 Å². The van der Waals surface area contributed by atoms with Crippen molar-refractivity contribution in [2.75, 3.05) is 0 Å². The van der Waals surface area contributed by atoms with Crippen LogP contribution in [0.25, 0.3) is 71.9 Å². The molecule has 0 spiro atoms. The first-order valence-corrected chi connectivity index (χ1v) is 12.8. The number of benzene rings is 5. The summed E-state index contributed by atoms with van der Waals surface area (Å²) in [5, 5.41) is 4.71. The molecule has 0 atom stereocenters. The van der Waals surface area contributed by atoms with Crippen LogP contribution in [0.4, 0.5) is 0 Å². The summed E-state index contributed by atoms with van der Waals surface area (Å²) in [6, 6.07) is 46.6. The number of para-hydroxylation sites is 3. The first kappa shape index (κ1) is 21.0. The van der Waals surface area contributed by atoms with Crippen molar-refractivity contribution in [2.24, 2.45) is 0 Å². The van der Waals surface area contributed by atoms with E-state index in [2.05, 4.69) is 120 Å². The molecular weight excluding hydrogens is 464 g/mol. The SMILES string of the molecule is c1ccc(-c2cc(-n3c4ccccc4c4ccccc43)cc(-c3ccc4oc5ccccc5c4c3)n2)cc1. The largest absolute Gasteiger partial charge is 0.456 e. The third kappa shape index (κ3) is 3.19. The summed E-state index contributed by atoms with van der Waals surface area (Å²) in [6.45, 7) is 0. The van der Waals surface area contributed by atoms with Gasteiger partial charge in [-0.25, -0.2) is 4.98 Å². The van der Waals surface area contributed by atoms with Crippen LogP contribution in [-0.4, -0.2) is 9.55 Å². The zero-order chi connectivity index (χ0) is 25.1. The van der Waals surface area contributed by atoms with Gasteiger partial charge in [0.1, 0.15) is 11.2 Å². The standard InChI is InChI=1S/C35H22N2O/c1-2-10-23(11-3-1)30-21-25(37-32-15-7-4-12-26(32)27-13-5-8-16-33(27)37)22-31(36-30)24-18-19-35-29(20-24)28-14-6-9-17-34(28)38-35/h1-22H. The second kappa shape index (κ2) is 8.19. The molecule has 0 N–H and O–H groups in total. The molecule has 3 heterocycles. The second-order valence-electron chi connectivity index (χ2n) is 9.64. The van der Waals surface area contributed by atoms with Crippen molar-refractivity contribution in [3.63, 3.8) is 0 Å². The summed E-state index contributed by atoms with van der Waals surface area (Å²) in [5.41, 5.74) is 9.25. The molecule has 0 bridgehead atoms. The van der Waals surface area contributed by atoms with Crippen LogP contribution >= 0.6 is 0 Å². The molecule has 0 aliphatic rings. The van der Waals surface area contributed by atoms with Crippen LogP contribution in [0.2, 0.25) is 0 Å². The lowest BCUT2D eigenvalue weighted by Gasteiger charge is -2.13. The molecule has 3 aromatic heterocycles. The molecule has 0 aliphatic carbocycles. The van der Waals surface area contributed by atoms with Gasteiger partial charge < -0.3 is 8.98 Å². The summed E-state index contributed by atoms with van der Waals surface area (Å²) < 4.78 is 8.45. The van der Waals surface area contributed by atoms with Crippen LogP contribution in [0.3, 0.4) is 0 Å². The molecule has 0 amide bonds. The molecule has 8 rings (SSSR count). The molecular formula is C35H22N2O. The van der Waals surface area contributed by atoms with Gasteiger partial charge in [-0.15, -0.1) is 0 Å². The topological polar surface area (TPSA) is 31.0 Å². The summed E-state index contributed by atoms with van der Waals surface area (Å²) in [5.74, 6) is 0. The normalized spacial score (nSPS) is 11.7. The van der Waals surface area contributed by atoms with Gasteiger partial charge in [0.2, 0.25) is 0 Å². The molecule has 0 radical (unpaired) electrons. The van der Waals surface area contributed by atoms with Crippen molar-refractivity contribution in [1.29, 1.82) is 0 Å². The lowest BCUT2D eigenvalue weighted by Crippen LogP contribution is -1.98. The van der Waals surface area contributed by atoms with E-state index in [9.17, 15) is 0 Å². The Labute approximate surface area is 219 Å². The fourth-order valence-electron chi connectivity index (χ4n) is 5.64. The van der Waals surface area contributed by atoms with Gasteiger partial charge in [0.05, 0.1) is 28.1 Å². The summed E-state index contributed by atoms with van der Waals surface area (Å²) in [4.78, 5) is 5.17. The Balaban J connectivity index is 1.43. The Hall–Kier alpha value is -5.15. The molecule has 8 aromatic rings. The Morgan fingerprint density at radius 1 is 0.447 bits per heavy atom. The second-order valence-corrected chi connectivity index (χ2v) is 9.64. The maximum Gasteiger partial charge on any atom is 0.135 e. The maximum absolute atomic E-state index is 6.09. The monoisotopic (exact) mass is 486 g/mol. The lowest BCUT2D eigenvalue weighted by molar-refractivity contribution is 0.669. The van der Waals surface area contributed by atoms with Gasteiger partial charge >= 0.3 is 0 Å². The molecule has 3 nitrogen and oxygen atoms in total. The van der Waals surface area contributed by atoms with E-state index < -0.39 is 0 Å². The third-order valence-electron chi connectivity index (χ3n) is 7.39. The van der Waals surface area contributed by atoms with E-state index in [1.807, 2.05) is 18.2 Å². The van der Waals surface area contributed by atoms with Crippen molar-refractivity contribution in [1.82, 2.24) is 9.55 Å². The minimum atomic E-state index is 0.886. The highest BCUT2D eigenvalue weighted by Gasteiger charge is 2.16. The first-order valence-electron chi connectivity index (χ1n) is 12.8. The minimum absolute atomic E-state index is 0.886. The molecule has 5 aromatic carbocycles. The van der Waals surface area contributed by atoms with Gasteiger partial charge in [0.25, 0.3) is 0 Å². The molecule has 178 valence electrons. The molecule has 0 fully saturated rings. The highest BCUT2D eigenvalue weighted by Crippen LogP contribution is 2.36. The van der Waals surface area contributed by atoms with E-state index in [1.54, 1.807) is 0 Å². The Bertz CT molecular complexity index is 2080. The van der Waals surface area contributed by atoms with Crippen LogP contribution in [0.15, 0.2) is 138 Å². The van der Waals surface area contributed by atoms with E-state index in [-0.39, 0.29) is 0 Å². The minimum Gasteiger partial charge on any atom is -0.456 e. The smallest absolute Gasteiger partial charge is 0.135 e. The van der Waals surface area contributed by atoms with Crippen LogP contribution in [0.5, 0.6) is 0 Å². The zero-order valence-corrected chi connectivity index (χ0v) is 20.5. The summed E-state index contributed by atoms with van der Waals surface area (Å²) >= 11 is 0. The molecule has 38 heavy (non-hydrogen) atoms. The fourth-order valence-corrected chi connectivity index (χ4v) is 5.64. The van der Waals surface area contributed by atoms with Gasteiger partial charge in [0.15, 0.2) is 0 Å². The van der Waals surface area contributed by atoms with Gasteiger partial charge in [0, 0.05) is 32.7 Å². The fraction of sp³-hybridized carbons (Fsp3) is 0. The van der Waals surface area contributed by atoms with Crippen molar-refractivity contribution in [2.45, 2.75) is 0 Å². The molecule has 3 heteroatoms. The first-order chi connectivity index (χ1) is 18.8. The van der Waals surface area contributed by atoms with Gasteiger partial charge in [-0.1, -0.05) is 84.9 Å².